The fourth-order valence-corrected chi connectivity index (χ4v) is 4.15. The zero-order chi connectivity index (χ0) is 19.5. The number of aryl methyl sites for hydroxylation is 1. The summed E-state index contributed by atoms with van der Waals surface area (Å²) in [5.74, 6) is 0.738. The van der Waals surface area contributed by atoms with Gasteiger partial charge in [-0.2, -0.15) is 0 Å². The molecule has 0 bridgehead atoms. The van der Waals surface area contributed by atoms with Gasteiger partial charge in [0.15, 0.2) is 0 Å². The Hall–Kier alpha value is -2.99. The first-order valence-corrected chi connectivity index (χ1v) is 10.5. The second-order valence-corrected chi connectivity index (χ2v) is 7.80. The van der Waals surface area contributed by atoms with Gasteiger partial charge in [-0.15, -0.1) is 0 Å². The first-order valence-electron chi connectivity index (χ1n) is 10.5. The van der Waals surface area contributed by atoms with E-state index in [9.17, 15) is 0 Å². The summed E-state index contributed by atoms with van der Waals surface area (Å²) in [6.45, 7) is 2.10. The molecule has 3 aromatic rings. The van der Waals surface area contributed by atoms with Crippen molar-refractivity contribution in [1.29, 1.82) is 0 Å². The van der Waals surface area contributed by atoms with E-state index in [1.165, 1.54) is 5.56 Å². The standard InChI is InChI=1S/C23H26N6/c1-2-4-16(5-3-1)21-14-22-17(15-26-21)6-7-19(28-22)20-10-13-25-23(29-20)27-18-8-11-24-12-9-18/h1-5,10,13-15,18-19,24,28H,6-9,11-12H2,(H,25,27,29). The third kappa shape index (κ3) is 4.07. The molecule has 5 rings (SSSR count). The van der Waals surface area contributed by atoms with Crippen LogP contribution in [0.2, 0.25) is 0 Å². The molecule has 6 heteroatoms. The van der Waals surface area contributed by atoms with E-state index in [-0.39, 0.29) is 6.04 Å². The van der Waals surface area contributed by atoms with E-state index in [4.69, 9.17) is 4.98 Å². The number of hydrogen-bond acceptors (Lipinski definition) is 6. The van der Waals surface area contributed by atoms with Crippen molar-refractivity contribution in [2.75, 3.05) is 23.7 Å². The average molecular weight is 387 g/mol. The number of anilines is 2. The van der Waals surface area contributed by atoms with Crippen molar-refractivity contribution < 1.29 is 0 Å². The molecule has 0 radical (unpaired) electrons. The summed E-state index contributed by atoms with van der Waals surface area (Å²) in [5, 5.41) is 10.6. The topological polar surface area (TPSA) is 74.8 Å². The lowest BCUT2D eigenvalue weighted by Gasteiger charge is -2.28. The number of pyridine rings is 1. The molecule has 1 fully saturated rings. The Balaban J connectivity index is 1.34. The Kier molecular flexibility index (Phi) is 5.09. The Morgan fingerprint density at radius 3 is 2.69 bits per heavy atom. The lowest BCUT2D eigenvalue weighted by molar-refractivity contribution is 0.477. The molecule has 148 valence electrons. The molecule has 1 unspecified atom stereocenters. The molecule has 1 aromatic carbocycles. The maximum Gasteiger partial charge on any atom is 0.223 e. The first kappa shape index (κ1) is 18.1. The lowest BCUT2D eigenvalue weighted by Crippen LogP contribution is -2.35. The molecule has 2 aromatic heterocycles. The Bertz CT molecular complexity index is 968. The summed E-state index contributed by atoms with van der Waals surface area (Å²) >= 11 is 0. The van der Waals surface area contributed by atoms with Crippen molar-refractivity contribution >= 4 is 11.6 Å². The minimum atomic E-state index is 0.185. The molecule has 0 spiro atoms. The molecule has 1 saturated heterocycles. The van der Waals surface area contributed by atoms with Gasteiger partial charge in [0.05, 0.1) is 17.4 Å². The number of hydrogen-bond donors (Lipinski definition) is 3. The molecular weight excluding hydrogens is 360 g/mol. The quantitative estimate of drug-likeness (QED) is 0.633. The van der Waals surface area contributed by atoms with Crippen LogP contribution in [0.25, 0.3) is 11.3 Å². The molecule has 0 amide bonds. The van der Waals surface area contributed by atoms with Crippen LogP contribution in [0.4, 0.5) is 11.6 Å². The maximum atomic E-state index is 4.82. The van der Waals surface area contributed by atoms with Crippen molar-refractivity contribution in [3.8, 4) is 11.3 Å². The summed E-state index contributed by atoms with van der Waals surface area (Å²) in [5.41, 5.74) is 5.59. The van der Waals surface area contributed by atoms with Crippen LogP contribution in [0.5, 0.6) is 0 Å². The highest BCUT2D eigenvalue weighted by molar-refractivity contribution is 5.67. The fourth-order valence-electron chi connectivity index (χ4n) is 4.15. The number of aromatic nitrogens is 3. The molecule has 3 N–H and O–H groups in total. The van der Waals surface area contributed by atoms with E-state index < -0.39 is 0 Å². The Labute approximate surface area is 171 Å². The van der Waals surface area contributed by atoms with Crippen LogP contribution in [0, 0.1) is 0 Å². The van der Waals surface area contributed by atoms with E-state index in [0.717, 1.165) is 67.4 Å². The van der Waals surface area contributed by atoms with Gasteiger partial charge in [-0.1, -0.05) is 30.3 Å². The second-order valence-electron chi connectivity index (χ2n) is 7.80. The summed E-state index contributed by atoms with van der Waals surface area (Å²) in [4.78, 5) is 13.9. The minimum absolute atomic E-state index is 0.185. The number of benzene rings is 1. The molecule has 2 aliphatic rings. The van der Waals surface area contributed by atoms with Gasteiger partial charge in [0, 0.05) is 29.7 Å². The van der Waals surface area contributed by atoms with E-state index in [0.29, 0.717) is 6.04 Å². The monoisotopic (exact) mass is 386 g/mol. The van der Waals surface area contributed by atoms with Gasteiger partial charge in [-0.3, -0.25) is 4.98 Å². The van der Waals surface area contributed by atoms with E-state index in [1.807, 2.05) is 36.7 Å². The van der Waals surface area contributed by atoms with Gasteiger partial charge in [-0.05, 0) is 56.5 Å². The van der Waals surface area contributed by atoms with E-state index >= 15 is 0 Å². The molecule has 2 aliphatic heterocycles. The van der Waals surface area contributed by atoms with Crippen molar-refractivity contribution in [3.63, 3.8) is 0 Å². The van der Waals surface area contributed by atoms with Crippen LogP contribution in [-0.4, -0.2) is 34.1 Å². The van der Waals surface area contributed by atoms with Gasteiger partial charge in [0.25, 0.3) is 0 Å². The molecule has 6 nitrogen and oxygen atoms in total. The molecule has 4 heterocycles. The molecule has 0 aliphatic carbocycles. The van der Waals surface area contributed by atoms with Crippen LogP contribution in [-0.2, 0) is 6.42 Å². The third-order valence-electron chi connectivity index (χ3n) is 5.79. The number of rotatable bonds is 4. The smallest absolute Gasteiger partial charge is 0.223 e. The predicted molar refractivity (Wildman–Crippen MR) is 116 cm³/mol. The van der Waals surface area contributed by atoms with Crippen LogP contribution >= 0.6 is 0 Å². The average Bonchev–Trinajstić information content (AvgIpc) is 2.80. The van der Waals surface area contributed by atoms with E-state index in [2.05, 4.69) is 44.1 Å². The number of nitrogens with one attached hydrogen (secondary N) is 3. The van der Waals surface area contributed by atoms with Gasteiger partial charge >= 0.3 is 0 Å². The zero-order valence-corrected chi connectivity index (χ0v) is 16.4. The second kappa shape index (κ2) is 8.17. The van der Waals surface area contributed by atoms with Crippen LogP contribution in [0.15, 0.2) is 54.9 Å². The highest BCUT2D eigenvalue weighted by Gasteiger charge is 2.22. The number of piperidine rings is 1. The highest BCUT2D eigenvalue weighted by Crippen LogP contribution is 2.33. The van der Waals surface area contributed by atoms with Crippen molar-refractivity contribution in [1.82, 2.24) is 20.3 Å². The highest BCUT2D eigenvalue weighted by atomic mass is 15.1. The molecule has 0 saturated carbocycles. The van der Waals surface area contributed by atoms with Crippen molar-refractivity contribution in [2.24, 2.45) is 0 Å². The van der Waals surface area contributed by atoms with Gasteiger partial charge in [0.2, 0.25) is 5.95 Å². The largest absolute Gasteiger partial charge is 0.376 e. The normalized spacial score (nSPS) is 19.2. The summed E-state index contributed by atoms with van der Waals surface area (Å²) in [6.07, 6.45) is 8.09. The number of fused-ring (bicyclic) bond motifs is 1. The van der Waals surface area contributed by atoms with Crippen LogP contribution in [0.1, 0.15) is 36.6 Å². The third-order valence-corrected chi connectivity index (χ3v) is 5.79. The van der Waals surface area contributed by atoms with Crippen molar-refractivity contribution in [2.45, 2.75) is 37.8 Å². The Morgan fingerprint density at radius 1 is 0.966 bits per heavy atom. The lowest BCUT2D eigenvalue weighted by atomic mass is 9.96. The van der Waals surface area contributed by atoms with E-state index in [1.54, 1.807) is 0 Å². The Morgan fingerprint density at radius 2 is 1.83 bits per heavy atom. The minimum Gasteiger partial charge on any atom is -0.376 e. The predicted octanol–water partition coefficient (Wildman–Crippen LogP) is 3.80. The summed E-state index contributed by atoms with van der Waals surface area (Å²) in [7, 11) is 0. The number of nitrogens with zero attached hydrogens (tertiary/aromatic N) is 3. The van der Waals surface area contributed by atoms with Crippen LogP contribution < -0.4 is 16.0 Å². The SMILES string of the molecule is c1ccc(-c2cc3c(cn2)CCC(c2ccnc(NC4CCNCC4)n2)N3)cc1. The van der Waals surface area contributed by atoms with Gasteiger partial charge in [-0.25, -0.2) is 9.97 Å². The summed E-state index contributed by atoms with van der Waals surface area (Å²) < 4.78 is 0. The molecule has 29 heavy (non-hydrogen) atoms. The van der Waals surface area contributed by atoms with Crippen molar-refractivity contribution in [3.05, 3.63) is 66.1 Å². The van der Waals surface area contributed by atoms with Gasteiger partial charge in [0.1, 0.15) is 0 Å². The first-order chi connectivity index (χ1) is 14.3. The molecule has 1 atom stereocenters. The molecular formula is C23H26N6. The maximum absolute atomic E-state index is 4.82. The zero-order valence-electron chi connectivity index (χ0n) is 16.4. The van der Waals surface area contributed by atoms with Gasteiger partial charge < -0.3 is 16.0 Å². The fraction of sp³-hybridized carbons (Fsp3) is 0.348. The summed E-state index contributed by atoms with van der Waals surface area (Å²) in [6, 6.07) is 15.1. The van der Waals surface area contributed by atoms with Crippen LogP contribution in [0.3, 0.4) is 0 Å².